The van der Waals surface area contributed by atoms with Crippen LogP contribution in [0.1, 0.15) is 19.8 Å². The van der Waals surface area contributed by atoms with Crippen molar-refractivity contribution in [3.05, 3.63) is 11.8 Å². The maximum Gasteiger partial charge on any atom is 0.318 e. The molecule has 0 radical (unpaired) electrons. The van der Waals surface area contributed by atoms with Gasteiger partial charge in [-0.25, -0.2) is 4.79 Å². The summed E-state index contributed by atoms with van der Waals surface area (Å²) in [5.41, 5.74) is 1.28. The highest BCUT2D eigenvalue weighted by molar-refractivity contribution is 5.74. The third-order valence-corrected chi connectivity index (χ3v) is 3.47. The van der Waals surface area contributed by atoms with E-state index in [0.717, 1.165) is 32.8 Å². The molecule has 0 unspecified atom stereocenters. The summed E-state index contributed by atoms with van der Waals surface area (Å²) in [6.07, 6.45) is 4.37. The van der Waals surface area contributed by atoms with Gasteiger partial charge in [-0.1, -0.05) is 5.57 Å². The molecule has 102 valence electrons. The number of amides is 2. The highest BCUT2D eigenvalue weighted by Gasteiger charge is 2.22. The van der Waals surface area contributed by atoms with Crippen LogP contribution in [0.4, 0.5) is 4.79 Å². The maximum absolute atomic E-state index is 11.5. The van der Waals surface area contributed by atoms with Crippen molar-refractivity contribution in [3.63, 3.8) is 0 Å². The quantitative estimate of drug-likeness (QED) is 0.766. The van der Waals surface area contributed by atoms with Crippen LogP contribution < -0.4 is 10.6 Å². The number of urea groups is 1. The number of nitrogens with zero attached hydrogens (tertiary/aromatic N) is 1. The minimum atomic E-state index is -0.108. The predicted octanol–water partition coefficient (Wildman–Crippen LogP) is 0.932. The van der Waals surface area contributed by atoms with Gasteiger partial charge in [-0.3, -0.25) is 4.90 Å². The molecule has 0 bridgehead atoms. The van der Waals surface area contributed by atoms with E-state index in [9.17, 15) is 4.79 Å². The fourth-order valence-electron chi connectivity index (χ4n) is 2.04. The van der Waals surface area contributed by atoms with Crippen molar-refractivity contribution in [2.75, 3.05) is 39.4 Å². The lowest BCUT2D eigenvalue weighted by Gasteiger charge is -2.26. The van der Waals surface area contributed by atoms with E-state index in [1.807, 2.05) is 6.20 Å². The standard InChI is InChI=1S/C13H23N3O2/c1-11(12-2-3-12)10-15-13(17)14-4-5-16-6-8-18-9-7-16/h10,12H,2-9H2,1H3,(H2,14,15,17)/b11-10+. The minimum absolute atomic E-state index is 0.108. The molecular weight excluding hydrogens is 230 g/mol. The third kappa shape index (κ3) is 4.66. The molecule has 5 nitrogen and oxygen atoms in total. The second-order valence-corrected chi connectivity index (χ2v) is 5.02. The van der Waals surface area contributed by atoms with Gasteiger partial charge in [0.2, 0.25) is 0 Å². The van der Waals surface area contributed by atoms with Crippen LogP contribution in [-0.4, -0.2) is 50.3 Å². The first-order chi connectivity index (χ1) is 8.75. The summed E-state index contributed by atoms with van der Waals surface area (Å²) < 4.78 is 5.27. The summed E-state index contributed by atoms with van der Waals surface area (Å²) in [7, 11) is 0. The van der Waals surface area contributed by atoms with Gasteiger partial charge in [-0.05, 0) is 25.7 Å². The van der Waals surface area contributed by atoms with Crippen LogP contribution in [0.25, 0.3) is 0 Å². The number of allylic oxidation sites excluding steroid dienone is 1. The van der Waals surface area contributed by atoms with Gasteiger partial charge in [-0.2, -0.15) is 0 Å². The van der Waals surface area contributed by atoms with E-state index in [1.165, 1.54) is 18.4 Å². The molecule has 0 aromatic heterocycles. The minimum Gasteiger partial charge on any atom is -0.379 e. The molecule has 2 N–H and O–H groups in total. The van der Waals surface area contributed by atoms with E-state index in [-0.39, 0.29) is 6.03 Å². The molecule has 5 heteroatoms. The summed E-state index contributed by atoms with van der Waals surface area (Å²) in [4.78, 5) is 13.8. The molecule has 1 saturated heterocycles. The Morgan fingerprint density at radius 2 is 2.11 bits per heavy atom. The number of nitrogens with one attached hydrogen (secondary N) is 2. The molecule has 0 spiro atoms. The lowest BCUT2D eigenvalue weighted by atomic mass is 10.2. The van der Waals surface area contributed by atoms with Gasteiger partial charge in [0, 0.05) is 32.4 Å². The van der Waals surface area contributed by atoms with Crippen LogP contribution in [0.15, 0.2) is 11.8 Å². The first kappa shape index (κ1) is 13.4. The van der Waals surface area contributed by atoms with E-state index >= 15 is 0 Å². The van der Waals surface area contributed by atoms with Crippen LogP contribution >= 0.6 is 0 Å². The highest BCUT2D eigenvalue weighted by atomic mass is 16.5. The summed E-state index contributed by atoms with van der Waals surface area (Å²) in [6, 6.07) is -0.108. The zero-order valence-corrected chi connectivity index (χ0v) is 11.1. The first-order valence-electron chi connectivity index (χ1n) is 6.77. The predicted molar refractivity (Wildman–Crippen MR) is 70.3 cm³/mol. The molecule has 2 fully saturated rings. The van der Waals surface area contributed by atoms with Crippen LogP contribution in [0.5, 0.6) is 0 Å². The molecule has 0 atom stereocenters. The van der Waals surface area contributed by atoms with Crippen molar-refractivity contribution >= 4 is 6.03 Å². The van der Waals surface area contributed by atoms with Gasteiger partial charge in [0.1, 0.15) is 0 Å². The van der Waals surface area contributed by atoms with Crippen molar-refractivity contribution in [2.24, 2.45) is 5.92 Å². The molecule has 2 rings (SSSR count). The van der Waals surface area contributed by atoms with Crippen molar-refractivity contribution in [2.45, 2.75) is 19.8 Å². The number of hydrogen-bond donors (Lipinski definition) is 2. The molecule has 1 aliphatic carbocycles. The summed E-state index contributed by atoms with van der Waals surface area (Å²) in [6.45, 7) is 7.18. The monoisotopic (exact) mass is 253 g/mol. The Hall–Kier alpha value is -1.07. The van der Waals surface area contributed by atoms with Crippen LogP contribution in [0, 0.1) is 5.92 Å². The third-order valence-electron chi connectivity index (χ3n) is 3.47. The normalized spacial score (nSPS) is 21.7. The fourth-order valence-corrected chi connectivity index (χ4v) is 2.04. The number of morpholine rings is 1. The van der Waals surface area contributed by atoms with Crippen molar-refractivity contribution in [1.82, 2.24) is 15.5 Å². The SMILES string of the molecule is C/C(=C\NC(=O)NCCN1CCOCC1)C1CC1. The van der Waals surface area contributed by atoms with Gasteiger partial charge >= 0.3 is 6.03 Å². The average Bonchev–Trinajstić information content (AvgIpc) is 3.21. The largest absolute Gasteiger partial charge is 0.379 e. The molecule has 1 saturated carbocycles. The lowest BCUT2D eigenvalue weighted by molar-refractivity contribution is 0.0387. The Labute approximate surface area is 109 Å². The number of hydrogen-bond acceptors (Lipinski definition) is 3. The Morgan fingerprint density at radius 1 is 1.39 bits per heavy atom. The van der Waals surface area contributed by atoms with Crippen LogP contribution in [0.2, 0.25) is 0 Å². The molecular formula is C13H23N3O2. The Balaban J connectivity index is 1.55. The van der Waals surface area contributed by atoms with E-state index in [0.29, 0.717) is 12.5 Å². The maximum atomic E-state index is 11.5. The topological polar surface area (TPSA) is 53.6 Å². The average molecular weight is 253 g/mol. The highest BCUT2D eigenvalue weighted by Crippen LogP contribution is 2.35. The summed E-state index contributed by atoms with van der Waals surface area (Å²) in [5, 5.41) is 5.65. The number of rotatable bonds is 5. The van der Waals surface area contributed by atoms with Gasteiger partial charge in [-0.15, -0.1) is 0 Å². The molecule has 1 heterocycles. The number of ether oxygens (including phenoxy) is 1. The van der Waals surface area contributed by atoms with Gasteiger partial charge < -0.3 is 15.4 Å². The number of carbonyl (C=O) groups is 1. The number of carbonyl (C=O) groups excluding carboxylic acids is 1. The van der Waals surface area contributed by atoms with E-state index < -0.39 is 0 Å². The van der Waals surface area contributed by atoms with E-state index in [2.05, 4.69) is 22.5 Å². The zero-order valence-electron chi connectivity index (χ0n) is 11.1. The summed E-state index contributed by atoms with van der Waals surface area (Å²) in [5.74, 6) is 0.707. The zero-order chi connectivity index (χ0) is 12.8. The first-order valence-corrected chi connectivity index (χ1v) is 6.77. The van der Waals surface area contributed by atoms with Crippen molar-refractivity contribution < 1.29 is 9.53 Å². The van der Waals surface area contributed by atoms with E-state index in [1.54, 1.807) is 0 Å². The van der Waals surface area contributed by atoms with Crippen LogP contribution in [-0.2, 0) is 4.74 Å². The Morgan fingerprint density at radius 3 is 2.78 bits per heavy atom. The molecule has 0 aromatic rings. The molecule has 1 aliphatic heterocycles. The van der Waals surface area contributed by atoms with Crippen LogP contribution in [0.3, 0.4) is 0 Å². The molecule has 2 amide bonds. The fraction of sp³-hybridized carbons (Fsp3) is 0.769. The van der Waals surface area contributed by atoms with Gasteiger partial charge in [0.05, 0.1) is 13.2 Å². The van der Waals surface area contributed by atoms with Crippen molar-refractivity contribution in [3.8, 4) is 0 Å². The molecule has 0 aromatic carbocycles. The second-order valence-electron chi connectivity index (χ2n) is 5.02. The Bertz CT molecular complexity index is 307. The molecule has 18 heavy (non-hydrogen) atoms. The lowest BCUT2D eigenvalue weighted by Crippen LogP contribution is -2.42. The smallest absolute Gasteiger partial charge is 0.318 e. The van der Waals surface area contributed by atoms with Gasteiger partial charge in [0.15, 0.2) is 0 Å². The Kier molecular flexibility index (Phi) is 5.01. The van der Waals surface area contributed by atoms with Crippen molar-refractivity contribution in [1.29, 1.82) is 0 Å². The van der Waals surface area contributed by atoms with Gasteiger partial charge in [0.25, 0.3) is 0 Å². The van der Waals surface area contributed by atoms with E-state index in [4.69, 9.17) is 4.74 Å². The second kappa shape index (κ2) is 6.75. The molecule has 2 aliphatic rings. The summed E-state index contributed by atoms with van der Waals surface area (Å²) >= 11 is 0.